The van der Waals surface area contributed by atoms with Crippen LogP contribution in [-0.4, -0.2) is 25.8 Å². The third-order valence-corrected chi connectivity index (χ3v) is 2.93. The molecular formula is C14H11N3O2. The zero-order chi connectivity index (χ0) is 13.4. The van der Waals surface area contributed by atoms with Gasteiger partial charge in [-0.05, 0) is 24.6 Å². The standard InChI is InChI=1S/C14H11N3O2/c1-9-6-10-4-2-3-5-12(10)16-13(9)17-8-11(7-15-17)14(18)19/h2-8H,1H3,(H,18,19). The number of aromatic nitrogens is 3. The van der Waals surface area contributed by atoms with E-state index in [1.54, 1.807) is 0 Å². The number of hydrogen-bond acceptors (Lipinski definition) is 3. The average Bonchev–Trinajstić information content (AvgIpc) is 2.87. The highest BCUT2D eigenvalue weighted by Gasteiger charge is 2.10. The molecule has 94 valence electrons. The van der Waals surface area contributed by atoms with E-state index in [0.29, 0.717) is 5.82 Å². The van der Waals surface area contributed by atoms with Crippen LogP contribution < -0.4 is 0 Å². The summed E-state index contributed by atoms with van der Waals surface area (Å²) in [6, 6.07) is 9.80. The zero-order valence-electron chi connectivity index (χ0n) is 10.2. The van der Waals surface area contributed by atoms with Crippen LogP contribution in [0.25, 0.3) is 16.7 Å². The monoisotopic (exact) mass is 253 g/mol. The van der Waals surface area contributed by atoms with E-state index in [9.17, 15) is 4.79 Å². The van der Waals surface area contributed by atoms with Crippen LogP contribution in [0, 0.1) is 6.92 Å². The molecule has 5 nitrogen and oxygen atoms in total. The van der Waals surface area contributed by atoms with Crippen LogP contribution in [0.3, 0.4) is 0 Å². The highest BCUT2D eigenvalue weighted by Crippen LogP contribution is 2.18. The molecule has 1 N–H and O–H groups in total. The van der Waals surface area contributed by atoms with E-state index in [1.807, 2.05) is 37.3 Å². The molecule has 0 spiro atoms. The number of fused-ring (bicyclic) bond motifs is 1. The first-order chi connectivity index (χ1) is 9.15. The molecule has 0 aliphatic rings. The predicted molar refractivity (Wildman–Crippen MR) is 70.6 cm³/mol. The van der Waals surface area contributed by atoms with Crippen molar-refractivity contribution in [2.75, 3.05) is 0 Å². The van der Waals surface area contributed by atoms with Gasteiger partial charge in [-0.3, -0.25) is 0 Å². The molecule has 0 bridgehead atoms. The normalized spacial score (nSPS) is 10.8. The van der Waals surface area contributed by atoms with Gasteiger partial charge in [-0.15, -0.1) is 0 Å². The Balaban J connectivity index is 2.18. The summed E-state index contributed by atoms with van der Waals surface area (Å²) in [6.45, 7) is 1.93. The number of carboxylic acid groups (broad SMARTS) is 1. The lowest BCUT2D eigenvalue weighted by atomic mass is 10.1. The molecule has 0 fully saturated rings. The number of benzene rings is 1. The van der Waals surface area contributed by atoms with E-state index >= 15 is 0 Å². The lowest BCUT2D eigenvalue weighted by Crippen LogP contribution is -2.01. The minimum absolute atomic E-state index is 0.148. The Labute approximate surface area is 109 Å². The van der Waals surface area contributed by atoms with Gasteiger partial charge in [0, 0.05) is 11.6 Å². The maximum absolute atomic E-state index is 10.9. The number of pyridine rings is 1. The van der Waals surface area contributed by atoms with E-state index in [2.05, 4.69) is 10.1 Å². The fourth-order valence-corrected chi connectivity index (χ4v) is 1.99. The fraction of sp³-hybridized carbons (Fsp3) is 0.0714. The van der Waals surface area contributed by atoms with Crippen LogP contribution in [0.2, 0.25) is 0 Å². The second-order valence-corrected chi connectivity index (χ2v) is 4.30. The first-order valence-electron chi connectivity index (χ1n) is 5.80. The molecule has 0 amide bonds. The van der Waals surface area contributed by atoms with Crippen molar-refractivity contribution in [3.63, 3.8) is 0 Å². The molecule has 2 heterocycles. The third kappa shape index (κ3) is 1.95. The smallest absolute Gasteiger partial charge is 0.338 e. The van der Waals surface area contributed by atoms with Crippen molar-refractivity contribution in [1.29, 1.82) is 0 Å². The van der Waals surface area contributed by atoms with Gasteiger partial charge in [0.05, 0.1) is 17.3 Å². The predicted octanol–water partition coefficient (Wildman–Crippen LogP) is 2.43. The number of rotatable bonds is 2. The minimum atomic E-state index is -0.996. The Bertz CT molecular complexity index is 777. The molecule has 2 aromatic heterocycles. The molecular weight excluding hydrogens is 242 g/mol. The molecule has 5 heteroatoms. The van der Waals surface area contributed by atoms with Crippen molar-refractivity contribution in [2.24, 2.45) is 0 Å². The van der Waals surface area contributed by atoms with Crippen LogP contribution in [0.15, 0.2) is 42.7 Å². The molecule has 0 aliphatic heterocycles. The van der Waals surface area contributed by atoms with E-state index in [4.69, 9.17) is 5.11 Å². The number of hydrogen-bond donors (Lipinski definition) is 1. The van der Waals surface area contributed by atoms with Gasteiger partial charge in [0.2, 0.25) is 0 Å². The Morgan fingerprint density at radius 1 is 1.32 bits per heavy atom. The second kappa shape index (κ2) is 4.20. The van der Waals surface area contributed by atoms with Crippen molar-refractivity contribution in [3.8, 4) is 5.82 Å². The molecule has 3 rings (SSSR count). The van der Waals surface area contributed by atoms with Crippen molar-refractivity contribution in [2.45, 2.75) is 6.92 Å². The minimum Gasteiger partial charge on any atom is -0.478 e. The lowest BCUT2D eigenvalue weighted by molar-refractivity contribution is 0.0697. The molecule has 0 atom stereocenters. The van der Waals surface area contributed by atoms with Gasteiger partial charge in [-0.2, -0.15) is 5.10 Å². The Kier molecular flexibility index (Phi) is 2.52. The maximum atomic E-state index is 10.9. The Hall–Kier alpha value is -2.69. The first kappa shape index (κ1) is 11.4. The van der Waals surface area contributed by atoms with Crippen molar-refractivity contribution < 1.29 is 9.90 Å². The number of carbonyl (C=O) groups is 1. The topological polar surface area (TPSA) is 68.0 Å². The molecule has 0 unspecified atom stereocenters. The molecule has 0 radical (unpaired) electrons. The molecule has 0 aliphatic carbocycles. The highest BCUT2D eigenvalue weighted by atomic mass is 16.4. The van der Waals surface area contributed by atoms with Gasteiger partial charge in [-0.1, -0.05) is 18.2 Å². The maximum Gasteiger partial charge on any atom is 0.338 e. The molecule has 1 aromatic carbocycles. The van der Waals surface area contributed by atoms with Gasteiger partial charge in [0.25, 0.3) is 0 Å². The lowest BCUT2D eigenvalue weighted by Gasteiger charge is -2.06. The number of aryl methyl sites for hydroxylation is 1. The van der Waals surface area contributed by atoms with Gasteiger partial charge < -0.3 is 5.11 Å². The van der Waals surface area contributed by atoms with E-state index < -0.39 is 5.97 Å². The largest absolute Gasteiger partial charge is 0.478 e. The van der Waals surface area contributed by atoms with Crippen LogP contribution in [0.5, 0.6) is 0 Å². The van der Waals surface area contributed by atoms with Gasteiger partial charge >= 0.3 is 5.97 Å². The molecule has 0 saturated heterocycles. The van der Waals surface area contributed by atoms with Crippen LogP contribution in [0.1, 0.15) is 15.9 Å². The van der Waals surface area contributed by atoms with Crippen molar-refractivity contribution in [1.82, 2.24) is 14.8 Å². The highest BCUT2D eigenvalue weighted by molar-refractivity contribution is 5.87. The van der Waals surface area contributed by atoms with Crippen LogP contribution in [0.4, 0.5) is 0 Å². The zero-order valence-corrected chi connectivity index (χ0v) is 10.2. The SMILES string of the molecule is Cc1cc2ccccc2nc1-n1cc(C(=O)O)cn1. The first-order valence-corrected chi connectivity index (χ1v) is 5.80. The summed E-state index contributed by atoms with van der Waals surface area (Å²) in [5.41, 5.74) is 1.95. The Morgan fingerprint density at radius 3 is 2.84 bits per heavy atom. The number of carboxylic acids is 1. The van der Waals surface area contributed by atoms with Gasteiger partial charge in [0.15, 0.2) is 5.82 Å². The summed E-state index contributed by atoms with van der Waals surface area (Å²) < 4.78 is 1.49. The van der Waals surface area contributed by atoms with Gasteiger partial charge in [-0.25, -0.2) is 14.5 Å². The summed E-state index contributed by atoms with van der Waals surface area (Å²) in [5, 5.41) is 14.0. The average molecular weight is 253 g/mol. The van der Waals surface area contributed by atoms with E-state index in [-0.39, 0.29) is 5.56 Å². The van der Waals surface area contributed by atoms with E-state index in [1.165, 1.54) is 17.1 Å². The Morgan fingerprint density at radius 2 is 2.11 bits per heavy atom. The summed E-state index contributed by atoms with van der Waals surface area (Å²) in [7, 11) is 0. The summed E-state index contributed by atoms with van der Waals surface area (Å²) in [6.07, 6.45) is 2.78. The van der Waals surface area contributed by atoms with Crippen molar-refractivity contribution in [3.05, 3.63) is 53.9 Å². The van der Waals surface area contributed by atoms with Gasteiger partial charge in [0.1, 0.15) is 0 Å². The van der Waals surface area contributed by atoms with Crippen LogP contribution >= 0.6 is 0 Å². The third-order valence-electron chi connectivity index (χ3n) is 2.93. The molecule has 3 aromatic rings. The quantitative estimate of drug-likeness (QED) is 0.761. The van der Waals surface area contributed by atoms with Crippen LogP contribution in [-0.2, 0) is 0 Å². The summed E-state index contributed by atoms with van der Waals surface area (Å²) in [4.78, 5) is 15.4. The fourth-order valence-electron chi connectivity index (χ4n) is 1.99. The summed E-state index contributed by atoms with van der Waals surface area (Å²) >= 11 is 0. The molecule has 19 heavy (non-hydrogen) atoms. The number of aromatic carboxylic acids is 1. The number of nitrogens with zero attached hydrogens (tertiary/aromatic N) is 3. The molecule has 0 saturated carbocycles. The van der Waals surface area contributed by atoms with Crippen molar-refractivity contribution >= 4 is 16.9 Å². The number of para-hydroxylation sites is 1. The second-order valence-electron chi connectivity index (χ2n) is 4.30. The van der Waals surface area contributed by atoms with E-state index in [0.717, 1.165) is 16.5 Å². The summed E-state index contributed by atoms with van der Waals surface area (Å²) in [5.74, 6) is -0.351.